The summed E-state index contributed by atoms with van der Waals surface area (Å²) in [5.41, 5.74) is 7.34. The number of piperazine rings is 1. The Labute approximate surface area is 217 Å². The number of benzene rings is 1. The first-order chi connectivity index (χ1) is 17.2. The third-order valence-electron chi connectivity index (χ3n) is 5.53. The molecule has 12 nitrogen and oxygen atoms in total. The predicted molar refractivity (Wildman–Crippen MR) is 139 cm³/mol. The van der Waals surface area contributed by atoms with Gasteiger partial charge in [0.25, 0.3) is 0 Å². The van der Waals surface area contributed by atoms with Crippen LogP contribution in [0.5, 0.6) is 0 Å². The van der Waals surface area contributed by atoms with Crippen LogP contribution in [-0.2, 0) is 4.79 Å². The Bertz CT molecular complexity index is 1260. The highest BCUT2D eigenvalue weighted by Crippen LogP contribution is 2.36. The summed E-state index contributed by atoms with van der Waals surface area (Å²) in [5.74, 6) is 0.668. The number of nitrogens with two attached hydrogens (primary N) is 1. The monoisotopic (exact) mass is 533 g/mol. The lowest BCUT2D eigenvalue weighted by atomic mass is 10.1. The molecular weight excluding hydrogens is 509 g/mol. The minimum atomic E-state index is -1.14. The van der Waals surface area contributed by atoms with Crippen LogP contribution in [0.25, 0.3) is 11.3 Å². The number of amides is 1. The number of pyridine rings is 1. The van der Waals surface area contributed by atoms with Crippen LogP contribution in [0.1, 0.15) is 0 Å². The second-order valence-electron chi connectivity index (χ2n) is 8.12. The van der Waals surface area contributed by atoms with Crippen LogP contribution in [0.15, 0.2) is 36.5 Å². The van der Waals surface area contributed by atoms with Crippen molar-refractivity contribution in [2.75, 3.05) is 61.0 Å². The summed E-state index contributed by atoms with van der Waals surface area (Å²) >= 11 is 12.6. The van der Waals surface area contributed by atoms with Gasteiger partial charge >= 0.3 is 0 Å². The van der Waals surface area contributed by atoms with Crippen molar-refractivity contribution in [1.82, 2.24) is 19.9 Å². The molecule has 0 bridgehead atoms. The molecule has 0 saturated carbocycles. The molecule has 3 aromatic rings. The SMILES string of the molecule is CN1CCN(c2cnc(NCCNc3ccc([NH+]([O-])O)c(N)n3)nc2-c2ccc(Cl)cc2Cl)C(=O)C1. The maximum absolute atomic E-state index is 12.7. The minimum Gasteiger partial charge on any atom is -0.595 e. The van der Waals surface area contributed by atoms with Crippen LogP contribution in [0.3, 0.4) is 0 Å². The Kier molecular flexibility index (Phi) is 8.04. The number of likely N-dealkylation sites (N-methyl/N-ethyl adjacent to an activating group) is 1. The fourth-order valence-electron chi connectivity index (χ4n) is 3.70. The highest BCUT2D eigenvalue weighted by molar-refractivity contribution is 6.36. The molecule has 1 fully saturated rings. The Morgan fingerprint density at radius 1 is 1.17 bits per heavy atom. The molecule has 1 aromatic carbocycles. The molecule has 1 aliphatic rings. The second kappa shape index (κ2) is 11.2. The van der Waals surface area contributed by atoms with Gasteiger partial charge in [-0.1, -0.05) is 23.2 Å². The Morgan fingerprint density at radius 2 is 1.94 bits per heavy atom. The number of aromatic nitrogens is 3. The first-order valence-electron chi connectivity index (χ1n) is 11.0. The zero-order valence-electron chi connectivity index (χ0n) is 19.3. The first-order valence-corrected chi connectivity index (χ1v) is 11.8. The zero-order chi connectivity index (χ0) is 25.8. The number of nitrogens with zero attached hydrogens (tertiary/aromatic N) is 5. The third kappa shape index (κ3) is 5.93. The molecule has 190 valence electrons. The molecular formula is C22H25Cl2N9O3. The maximum atomic E-state index is 12.7. The van der Waals surface area contributed by atoms with Crippen molar-refractivity contribution in [2.24, 2.45) is 0 Å². The minimum absolute atomic E-state index is 0.0516. The highest BCUT2D eigenvalue weighted by atomic mass is 35.5. The molecule has 0 aliphatic carbocycles. The zero-order valence-corrected chi connectivity index (χ0v) is 20.8. The average Bonchev–Trinajstić information content (AvgIpc) is 2.82. The molecule has 4 rings (SSSR count). The van der Waals surface area contributed by atoms with E-state index in [0.717, 1.165) is 6.54 Å². The average molecular weight is 534 g/mol. The van der Waals surface area contributed by atoms with E-state index in [2.05, 4.69) is 25.6 Å². The summed E-state index contributed by atoms with van der Waals surface area (Å²) in [6.07, 6.45) is 1.61. The van der Waals surface area contributed by atoms with Gasteiger partial charge in [0.1, 0.15) is 11.5 Å². The summed E-state index contributed by atoms with van der Waals surface area (Å²) < 4.78 is 0. The summed E-state index contributed by atoms with van der Waals surface area (Å²) in [4.78, 5) is 29.5. The third-order valence-corrected chi connectivity index (χ3v) is 6.08. The van der Waals surface area contributed by atoms with Gasteiger partial charge in [-0.05, 0) is 31.3 Å². The number of nitrogens with one attached hydrogen (secondary N) is 3. The van der Waals surface area contributed by atoms with Crippen LogP contribution < -0.4 is 26.5 Å². The molecule has 1 atom stereocenters. The summed E-state index contributed by atoms with van der Waals surface area (Å²) in [5, 5.41) is 26.1. The maximum Gasteiger partial charge on any atom is 0.241 e. The number of halogens is 2. The quantitative estimate of drug-likeness (QED) is 0.212. The Hall–Kier alpha value is -3.26. The standard InChI is InChI=1S/C22H25Cl2N9O3/c1-31-8-9-32(19(34)12-31)17-11-28-22(30-20(17)14-3-2-13(23)10-15(14)24)27-7-6-26-18-5-4-16(33(35)36)21(25)29-18/h2-5,10-11,33,35H,6-9,12H2,1H3,(H3,25,26,29)(H,27,28,30). The fraction of sp³-hybridized carbons (Fsp3) is 0.273. The lowest BCUT2D eigenvalue weighted by Gasteiger charge is -2.32. The number of carbonyl (C=O) groups excluding carboxylic acids is 1. The smallest absolute Gasteiger partial charge is 0.241 e. The molecule has 0 radical (unpaired) electrons. The van der Waals surface area contributed by atoms with Crippen molar-refractivity contribution < 1.29 is 15.2 Å². The molecule has 1 amide bonds. The van der Waals surface area contributed by atoms with Gasteiger partial charge in [0.2, 0.25) is 17.5 Å². The number of quaternary nitrogens is 1. The molecule has 0 spiro atoms. The van der Waals surface area contributed by atoms with Gasteiger partial charge in [-0.15, -0.1) is 0 Å². The number of nitrogen functional groups attached to an aromatic ring is 1. The van der Waals surface area contributed by atoms with Crippen molar-refractivity contribution in [1.29, 1.82) is 0 Å². The molecule has 1 unspecified atom stereocenters. The van der Waals surface area contributed by atoms with Crippen molar-refractivity contribution in [3.8, 4) is 11.3 Å². The second-order valence-corrected chi connectivity index (χ2v) is 8.97. The van der Waals surface area contributed by atoms with E-state index in [0.29, 0.717) is 64.9 Å². The van der Waals surface area contributed by atoms with Gasteiger partial charge < -0.3 is 26.5 Å². The number of rotatable bonds is 8. The summed E-state index contributed by atoms with van der Waals surface area (Å²) in [7, 11) is 1.90. The summed E-state index contributed by atoms with van der Waals surface area (Å²) in [6, 6.07) is 8.04. The van der Waals surface area contributed by atoms with E-state index in [1.165, 1.54) is 6.07 Å². The van der Waals surface area contributed by atoms with Crippen molar-refractivity contribution in [3.63, 3.8) is 0 Å². The van der Waals surface area contributed by atoms with E-state index in [-0.39, 0.29) is 17.4 Å². The molecule has 36 heavy (non-hydrogen) atoms. The van der Waals surface area contributed by atoms with Gasteiger partial charge in [-0.2, -0.15) is 5.23 Å². The lowest BCUT2D eigenvalue weighted by molar-refractivity contribution is -0.990. The molecule has 6 N–H and O–H groups in total. The van der Waals surface area contributed by atoms with Crippen molar-refractivity contribution in [2.45, 2.75) is 0 Å². The van der Waals surface area contributed by atoms with E-state index in [1.54, 1.807) is 35.4 Å². The van der Waals surface area contributed by atoms with Gasteiger partial charge in [0.05, 0.1) is 23.5 Å². The molecule has 1 aliphatic heterocycles. The lowest BCUT2D eigenvalue weighted by Crippen LogP contribution is -2.99. The largest absolute Gasteiger partial charge is 0.595 e. The van der Waals surface area contributed by atoms with E-state index < -0.39 is 5.23 Å². The number of hydrogen-bond donors (Lipinski definition) is 5. The van der Waals surface area contributed by atoms with Crippen molar-refractivity contribution >= 4 is 58.1 Å². The molecule has 3 heterocycles. The highest BCUT2D eigenvalue weighted by Gasteiger charge is 2.27. The van der Waals surface area contributed by atoms with Gasteiger partial charge in [0, 0.05) is 42.8 Å². The van der Waals surface area contributed by atoms with Crippen LogP contribution in [0.2, 0.25) is 10.0 Å². The summed E-state index contributed by atoms with van der Waals surface area (Å²) in [6.45, 7) is 2.37. The topological polar surface area (TPSA) is 160 Å². The predicted octanol–water partition coefficient (Wildman–Crippen LogP) is 1.63. The van der Waals surface area contributed by atoms with Gasteiger partial charge in [0.15, 0.2) is 5.82 Å². The molecule has 1 saturated heterocycles. The van der Waals surface area contributed by atoms with Crippen molar-refractivity contribution in [3.05, 3.63) is 51.8 Å². The van der Waals surface area contributed by atoms with E-state index in [9.17, 15) is 10.0 Å². The van der Waals surface area contributed by atoms with Crippen LogP contribution >= 0.6 is 23.2 Å². The first kappa shape index (κ1) is 25.8. The van der Waals surface area contributed by atoms with Gasteiger partial charge in [-0.25, -0.2) is 20.2 Å². The van der Waals surface area contributed by atoms with Gasteiger partial charge in [-0.3, -0.25) is 9.69 Å². The Morgan fingerprint density at radius 3 is 2.64 bits per heavy atom. The normalized spacial score (nSPS) is 15.1. The number of anilines is 4. The molecule has 14 heteroatoms. The number of carbonyl (C=O) groups is 1. The van der Waals surface area contributed by atoms with E-state index >= 15 is 0 Å². The van der Waals surface area contributed by atoms with E-state index in [4.69, 9.17) is 34.1 Å². The fourth-order valence-corrected chi connectivity index (χ4v) is 4.20. The van der Waals surface area contributed by atoms with Crippen LogP contribution in [-0.4, -0.2) is 70.7 Å². The van der Waals surface area contributed by atoms with Crippen LogP contribution in [0, 0.1) is 5.21 Å². The molecule has 2 aromatic heterocycles. The van der Waals surface area contributed by atoms with E-state index in [1.807, 2.05) is 11.9 Å². The van der Waals surface area contributed by atoms with Crippen LogP contribution in [0.4, 0.5) is 29.0 Å². The number of hydrogen-bond acceptors (Lipinski definition) is 10. The Balaban J connectivity index is 1.51.